The van der Waals surface area contributed by atoms with Crippen molar-refractivity contribution >= 4 is 17.4 Å². The number of hydrogen-bond acceptors (Lipinski definition) is 3. The van der Waals surface area contributed by atoms with Crippen LogP contribution in [0.1, 0.15) is 86.9 Å². The maximum Gasteiger partial charge on any atom is 0.125 e. The molecule has 1 unspecified atom stereocenters. The van der Waals surface area contributed by atoms with E-state index in [0.29, 0.717) is 5.75 Å². The van der Waals surface area contributed by atoms with Gasteiger partial charge in [0.05, 0.1) is 0 Å². The first kappa shape index (κ1) is 23.8. The van der Waals surface area contributed by atoms with Crippen LogP contribution in [0.3, 0.4) is 0 Å². The minimum absolute atomic E-state index is 0.0252. The summed E-state index contributed by atoms with van der Waals surface area (Å²) in [5.74, 6) is 0.424. The third-order valence-electron chi connectivity index (χ3n) is 6.89. The van der Waals surface area contributed by atoms with Crippen LogP contribution in [0.2, 0.25) is 0 Å². The summed E-state index contributed by atoms with van der Waals surface area (Å²) in [7, 11) is 0. The van der Waals surface area contributed by atoms with E-state index in [1.807, 2.05) is 0 Å². The molecule has 174 valence electrons. The number of para-hydroxylation sites is 1. The molecule has 1 aliphatic heterocycles. The summed E-state index contributed by atoms with van der Waals surface area (Å²) in [6, 6.07) is 23.5. The molecule has 3 heteroatoms. The summed E-state index contributed by atoms with van der Waals surface area (Å²) in [6.07, 6.45) is 8.81. The lowest BCUT2D eigenvalue weighted by atomic mass is 9.76. The zero-order chi connectivity index (χ0) is 23.3. The van der Waals surface area contributed by atoms with Gasteiger partial charge in [-0.3, -0.25) is 0 Å². The van der Waals surface area contributed by atoms with Crippen LogP contribution in [0, 0.1) is 0 Å². The zero-order valence-corrected chi connectivity index (χ0v) is 21.0. The molecular formula is C30H37NOS. The Morgan fingerprint density at radius 2 is 1.58 bits per heavy atom. The largest absolute Gasteiger partial charge is 0.507 e. The molecule has 33 heavy (non-hydrogen) atoms. The second-order valence-corrected chi connectivity index (χ2v) is 10.9. The molecule has 0 saturated heterocycles. The lowest BCUT2D eigenvalue weighted by Crippen LogP contribution is -2.20. The molecule has 3 aromatic carbocycles. The van der Waals surface area contributed by atoms with Crippen LogP contribution in [0.25, 0.3) is 0 Å². The van der Waals surface area contributed by atoms with E-state index in [-0.39, 0.29) is 10.8 Å². The van der Waals surface area contributed by atoms with E-state index < -0.39 is 0 Å². The summed E-state index contributed by atoms with van der Waals surface area (Å²) in [5.41, 5.74) is 5.43. The third-order valence-corrected chi connectivity index (χ3v) is 8.11. The summed E-state index contributed by atoms with van der Waals surface area (Å²) < 4.78 is 0. The number of benzene rings is 3. The molecule has 1 heterocycles. The molecule has 2 N–H and O–H groups in total. The van der Waals surface area contributed by atoms with Gasteiger partial charge in [0.15, 0.2) is 0 Å². The van der Waals surface area contributed by atoms with Crippen LogP contribution >= 0.6 is 11.8 Å². The second kappa shape index (κ2) is 10.7. The van der Waals surface area contributed by atoms with E-state index >= 15 is 0 Å². The number of rotatable bonds is 10. The van der Waals surface area contributed by atoms with Crippen molar-refractivity contribution in [1.82, 2.24) is 0 Å². The van der Waals surface area contributed by atoms with Crippen LogP contribution in [-0.4, -0.2) is 5.11 Å². The Labute approximate surface area is 203 Å². The summed E-state index contributed by atoms with van der Waals surface area (Å²) >= 11 is 1.79. The van der Waals surface area contributed by atoms with Gasteiger partial charge in [-0.1, -0.05) is 113 Å². The summed E-state index contributed by atoms with van der Waals surface area (Å²) in [5, 5.41) is 15.2. The molecule has 0 bridgehead atoms. The van der Waals surface area contributed by atoms with Gasteiger partial charge >= 0.3 is 0 Å². The SMILES string of the molecule is CCCCCCCCc1cc(C2Nc3ccccc3S2)c(O)c(C(C)(C)c2ccccc2)c1. The van der Waals surface area contributed by atoms with E-state index in [4.69, 9.17) is 0 Å². The molecule has 0 aromatic heterocycles. The van der Waals surface area contributed by atoms with Gasteiger partial charge in [0.2, 0.25) is 0 Å². The highest BCUT2D eigenvalue weighted by atomic mass is 32.2. The molecule has 1 aliphatic rings. The van der Waals surface area contributed by atoms with E-state index in [0.717, 1.165) is 23.2 Å². The highest BCUT2D eigenvalue weighted by Gasteiger charge is 2.32. The quantitative estimate of drug-likeness (QED) is 0.297. The van der Waals surface area contributed by atoms with Gasteiger partial charge in [0.1, 0.15) is 11.1 Å². The van der Waals surface area contributed by atoms with Crippen molar-refractivity contribution in [3.63, 3.8) is 0 Å². The van der Waals surface area contributed by atoms with E-state index in [1.54, 1.807) is 11.8 Å². The molecule has 3 aromatic rings. The molecule has 0 saturated carbocycles. The van der Waals surface area contributed by atoms with Crippen molar-refractivity contribution in [2.24, 2.45) is 0 Å². The topological polar surface area (TPSA) is 32.3 Å². The molecule has 2 nitrogen and oxygen atoms in total. The summed E-state index contributed by atoms with van der Waals surface area (Å²) in [6.45, 7) is 6.71. The lowest BCUT2D eigenvalue weighted by molar-refractivity contribution is 0.446. The fourth-order valence-corrected chi connectivity index (χ4v) is 5.94. The van der Waals surface area contributed by atoms with E-state index in [1.165, 1.54) is 54.5 Å². The fraction of sp³-hybridized carbons (Fsp3) is 0.400. The highest BCUT2D eigenvalue weighted by molar-refractivity contribution is 8.00. The monoisotopic (exact) mass is 459 g/mol. The van der Waals surface area contributed by atoms with Crippen LogP contribution in [0.4, 0.5) is 5.69 Å². The zero-order valence-electron chi connectivity index (χ0n) is 20.2. The summed E-state index contributed by atoms with van der Waals surface area (Å²) in [4.78, 5) is 1.24. The fourth-order valence-electron chi connectivity index (χ4n) is 4.79. The van der Waals surface area contributed by atoms with Crippen LogP contribution < -0.4 is 5.32 Å². The number of anilines is 1. The number of phenols is 1. The van der Waals surface area contributed by atoms with E-state index in [2.05, 4.69) is 92.8 Å². The van der Waals surface area contributed by atoms with Crippen molar-refractivity contribution in [2.75, 3.05) is 5.32 Å². The third kappa shape index (κ3) is 5.41. The standard InChI is InChI=1S/C30H37NOS/c1-4-5-6-7-8-10-15-22-20-24(29-31-26-18-13-14-19-27(26)33-29)28(32)25(21-22)30(2,3)23-16-11-9-12-17-23/h9,11-14,16-21,29,31-32H,4-8,10,15H2,1-3H3. The smallest absolute Gasteiger partial charge is 0.125 e. The number of hydrogen-bond donors (Lipinski definition) is 2. The van der Waals surface area contributed by atoms with Crippen molar-refractivity contribution in [2.45, 2.75) is 81.4 Å². The van der Waals surface area contributed by atoms with Crippen LogP contribution in [0.15, 0.2) is 71.6 Å². The van der Waals surface area contributed by atoms with Crippen LogP contribution in [-0.2, 0) is 11.8 Å². The molecular weight excluding hydrogens is 422 g/mol. The first-order valence-electron chi connectivity index (χ1n) is 12.4. The molecule has 0 aliphatic carbocycles. The van der Waals surface area contributed by atoms with Crippen molar-refractivity contribution in [3.8, 4) is 5.75 Å². The molecule has 1 atom stereocenters. The first-order chi connectivity index (χ1) is 16.0. The Balaban J connectivity index is 1.65. The minimum atomic E-state index is -0.284. The van der Waals surface area contributed by atoms with Crippen molar-refractivity contribution in [1.29, 1.82) is 0 Å². The van der Waals surface area contributed by atoms with Crippen molar-refractivity contribution in [3.05, 3.63) is 89.0 Å². The Morgan fingerprint density at radius 3 is 2.33 bits per heavy atom. The van der Waals surface area contributed by atoms with Gasteiger partial charge in [-0.2, -0.15) is 0 Å². The van der Waals surface area contributed by atoms with Gasteiger partial charge < -0.3 is 10.4 Å². The Morgan fingerprint density at radius 1 is 0.879 bits per heavy atom. The predicted molar refractivity (Wildman–Crippen MR) is 142 cm³/mol. The predicted octanol–water partition coefficient (Wildman–Crippen LogP) is 8.84. The maximum absolute atomic E-state index is 11.6. The minimum Gasteiger partial charge on any atom is -0.507 e. The number of thioether (sulfide) groups is 1. The van der Waals surface area contributed by atoms with Gasteiger partial charge in [-0.25, -0.2) is 0 Å². The molecule has 0 radical (unpaired) electrons. The molecule has 0 spiro atoms. The average Bonchev–Trinajstić information content (AvgIpc) is 3.26. The molecule has 0 fully saturated rings. The van der Waals surface area contributed by atoms with E-state index in [9.17, 15) is 5.11 Å². The Bertz CT molecular complexity index is 1040. The van der Waals surface area contributed by atoms with Gasteiger partial charge in [-0.05, 0) is 42.2 Å². The number of fused-ring (bicyclic) bond motifs is 1. The second-order valence-electron chi connectivity index (χ2n) is 9.73. The number of aryl methyl sites for hydroxylation is 1. The maximum atomic E-state index is 11.6. The molecule has 4 rings (SSSR count). The Kier molecular flexibility index (Phi) is 7.70. The van der Waals surface area contributed by atoms with Gasteiger partial charge in [0.25, 0.3) is 0 Å². The molecule has 0 amide bonds. The van der Waals surface area contributed by atoms with Gasteiger partial charge in [0, 0.05) is 27.1 Å². The van der Waals surface area contributed by atoms with Gasteiger partial charge in [-0.15, -0.1) is 0 Å². The first-order valence-corrected chi connectivity index (χ1v) is 13.3. The number of phenolic OH excluding ortho intramolecular Hbond substituents is 1. The Hall–Kier alpha value is -2.39. The average molecular weight is 460 g/mol. The number of aromatic hydroxyl groups is 1. The van der Waals surface area contributed by atoms with Crippen molar-refractivity contribution < 1.29 is 5.11 Å². The number of unbranched alkanes of at least 4 members (excludes halogenated alkanes) is 5. The lowest BCUT2D eigenvalue weighted by Gasteiger charge is -2.29. The van der Waals surface area contributed by atoms with Crippen LogP contribution in [0.5, 0.6) is 5.75 Å². The number of nitrogens with one attached hydrogen (secondary N) is 1. The highest BCUT2D eigenvalue weighted by Crippen LogP contribution is 2.50. The normalized spacial score (nSPS) is 15.3.